The van der Waals surface area contributed by atoms with Crippen molar-refractivity contribution in [3.8, 4) is 5.75 Å². The van der Waals surface area contributed by atoms with Gasteiger partial charge in [0.2, 0.25) is 0 Å². The summed E-state index contributed by atoms with van der Waals surface area (Å²) < 4.78 is 39.1. The molecule has 0 unspecified atom stereocenters. The minimum Gasteiger partial charge on any atom is -0.476 e. The fraction of sp³-hybridized carbons (Fsp3) is 0.130. The minimum absolute atomic E-state index is 0.0714. The number of amides is 1. The molecule has 1 aliphatic heterocycles. The quantitative estimate of drug-likeness (QED) is 0.467. The van der Waals surface area contributed by atoms with E-state index in [1.54, 1.807) is 24.3 Å². The highest BCUT2D eigenvalue weighted by Crippen LogP contribution is 2.37. The van der Waals surface area contributed by atoms with Crippen molar-refractivity contribution in [3.63, 3.8) is 0 Å². The van der Waals surface area contributed by atoms with Crippen molar-refractivity contribution in [3.05, 3.63) is 88.9 Å². The number of fused-ring (bicyclic) bond motifs is 2. The molecule has 9 nitrogen and oxygen atoms in total. The molecule has 33 heavy (non-hydrogen) atoms. The van der Waals surface area contributed by atoms with E-state index in [-0.39, 0.29) is 29.3 Å². The fourth-order valence-electron chi connectivity index (χ4n) is 3.68. The first-order valence-corrected chi connectivity index (χ1v) is 11.6. The van der Waals surface area contributed by atoms with Crippen LogP contribution in [0.4, 0.5) is 5.69 Å². The second kappa shape index (κ2) is 8.14. The molecule has 0 saturated carbocycles. The molecule has 1 amide bonds. The summed E-state index contributed by atoms with van der Waals surface area (Å²) in [5, 5.41) is 2.80. The number of nitrogens with one attached hydrogen (secondary N) is 2. The Kier molecular flexibility index (Phi) is 5.14. The number of carbonyl (C=O) groups excluding carboxylic acids is 1. The summed E-state index contributed by atoms with van der Waals surface area (Å²) in [5.41, 5.74) is 1.74. The zero-order chi connectivity index (χ0) is 23.0. The lowest BCUT2D eigenvalue weighted by atomic mass is 10.2. The Morgan fingerprint density at radius 3 is 2.64 bits per heavy atom. The average molecular weight is 465 g/mol. The number of sulfonamides is 1. The number of oxazole rings is 1. The van der Waals surface area contributed by atoms with Gasteiger partial charge in [-0.15, -0.1) is 0 Å². The van der Waals surface area contributed by atoms with Gasteiger partial charge in [0.25, 0.3) is 15.9 Å². The Balaban J connectivity index is 1.46. The number of H-pyrrole nitrogens is 1. The van der Waals surface area contributed by atoms with Gasteiger partial charge in [-0.25, -0.2) is 13.2 Å². The van der Waals surface area contributed by atoms with Crippen LogP contribution in [0.15, 0.2) is 86.9 Å². The Hall–Kier alpha value is -4.05. The number of hydrogen-bond donors (Lipinski definition) is 2. The molecule has 1 atom stereocenters. The molecule has 0 fully saturated rings. The Morgan fingerprint density at radius 1 is 1.06 bits per heavy atom. The Morgan fingerprint density at radius 2 is 1.82 bits per heavy atom. The lowest BCUT2D eigenvalue weighted by molar-refractivity contribution is -0.127. The number of nitrogens with zero attached hydrogens (tertiary/aromatic N) is 1. The number of ether oxygens (including phenoxy) is 1. The predicted octanol–water partition coefficient (Wildman–Crippen LogP) is 2.39. The van der Waals surface area contributed by atoms with Gasteiger partial charge < -0.3 is 14.5 Å². The minimum atomic E-state index is -4.09. The molecule has 5 rings (SSSR count). The van der Waals surface area contributed by atoms with E-state index in [4.69, 9.17) is 9.15 Å². The van der Waals surface area contributed by atoms with Crippen LogP contribution >= 0.6 is 0 Å². The van der Waals surface area contributed by atoms with Gasteiger partial charge in [0.1, 0.15) is 5.75 Å². The molecule has 168 valence electrons. The fourth-order valence-corrected chi connectivity index (χ4v) is 5.17. The third-order valence-corrected chi connectivity index (χ3v) is 7.09. The molecular formula is C23H19N3O6S. The highest BCUT2D eigenvalue weighted by molar-refractivity contribution is 7.92. The summed E-state index contributed by atoms with van der Waals surface area (Å²) in [6.45, 7) is 0.0756. The lowest BCUT2D eigenvalue weighted by Crippen LogP contribution is -2.50. The predicted molar refractivity (Wildman–Crippen MR) is 121 cm³/mol. The van der Waals surface area contributed by atoms with Crippen LogP contribution in [0, 0.1) is 0 Å². The van der Waals surface area contributed by atoms with Gasteiger partial charge in [0.15, 0.2) is 11.7 Å². The molecule has 3 aromatic carbocycles. The molecule has 4 aromatic rings. The summed E-state index contributed by atoms with van der Waals surface area (Å²) >= 11 is 0. The van der Waals surface area contributed by atoms with E-state index in [9.17, 15) is 18.0 Å². The summed E-state index contributed by atoms with van der Waals surface area (Å²) in [7, 11) is -4.09. The molecule has 2 heterocycles. The van der Waals surface area contributed by atoms with Gasteiger partial charge in [-0.3, -0.25) is 14.1 Å². The van der Waals surface area contributed by atoms with Crippen LogP contribution in [-0.2, 0) is 21.4 Å². The largest absolute Gasteiger partial charge is 0.476 e. The normalized spacial score (nSPS) is 15.6. The first kappa shape index (κ1) is 20.8. The second-order valence-corrected chi connectivity index (χ2v) is 9.35. The first-order valence-electron chi connectivity index (χ1n) is 10.1. The highest BCUT2D eigenvalue weighted by atomic mass is 32.2. The zero-order valence-electron chi connectivity index (χ0n) is 17.2. The zero-order valence-corrected chi connectivity index (χ0v) is 18.0. The van der Waals surface area contributed by atoms with E-state index in [1.165, 1.54) is 18.2 Å². The standard InChI is InChI=1S/C23H19N3O6S/c27-22(24-13-15-6-2-1-3-7-15)21-14-26(18-8-4-5-9-19(18)31-21)33(29,30)16-10-11-17-20(12-16)32-23(28)25-17/h1-12,21H,13-14H2,(H,24,27)(H,25,28)/t21-/m1/s1. The number of carbonyl (C=O) groups is 1. The highest BCUT2D eigenvalue weighted by Gasteiger charge is 2.37. The van der Waals surface area contributed by atoms with Crippen LogP contribution in [0.3, 0.4) is 0 Å². The molecule has 2 N–H and O–H groups in total. The molecule has 1 aromatic heterocycles. The SMILES string of the molecule is O=C(NCc1ccccc1)[C@H]1CN(S(=O)(=O)c2ccc3[nH]c(=O)oc3c2)c2ccccc2O1. The van der Waals surface area contributed by atoms with Crippen molar-refractivity contribution in [2.45, 2.75) is 17.5 Å². The molecule has 0 bridgehead atoms. The molecule has 0 saturated heterocycles. The number of aromatic amines is 1. The third-order valence-electron chi connectivity index (χ3n) is 5.32. The van der Waals surface area contributed by atoms with Crippen LogP contribution in [0.1, 0.15) is 5.56 Å². The van der Waals surface area contributed by atoms with Crippen LogP contribution < -0.4 is 20.1 Å². The van der Waals surface area contributed by atoms with Crippen molar-refractivity contribution < 1.29 is 22.4 Å². The van der Waals surface area contributed by atoms with Gasteiger partial charge in [0.05, 0.1) is 22.6 Å². The average Bonchev–Trinajstić information content (AvgIpc) is 3.21. The number of rotatable bonds is 5. The van der Waals surface area contributed by atoms with Crippen molar-refractivity contribution >= 4 is 32.7 Å². The summed E-state index contributed by atoms with van der Waals surface area (Å²) in [5.74, 6) is -0.825. The van der Waals surface area contributed by atoms with Gasteiger partial charge in [-0.1, -0.05) is 42.5 Å². The molecule has 0 aliphatic carbocycles. The third kappa shape index (κ3) is 3.96. The van der Waals surface area contributed by atoms with E-state index >= 15 is 0 Å². The summed E-state index contributed by atoms with van der Waals surface area (Å²) in [4.78, 5) is 26.7. The molecule has 10 heteroatoms. The van der Waals surface area contributed by atoms with Gasteiger partial charge >= 0.3 is 5.76 Å². The van der Waals surface area contributed by atoms with Gasteiger partial charge in [-0.2, -0.15) is 0 Å². The second-order valence-electron chi connectivity index (χ2n) is 7.49. The Labute approximate surface area is 188 Å². The van der Waals surface area contributed by atoms with E-state index in [2.05, 4.69) is 10.3 Å². The van der Waals surface area contributed by atoms with Crippen molar-refractivity contribution in [2.75, 3.05) is 10.8 Å². The van der Waals surface area contributed by atoms with Crippen molar-refractivity contribution in [1.82, 2.24) is 10.3 Å². The first-order chi connectivity index (χ1) is 15.9. The van der Waals surface area contributed by atoms with E-state index in [1.807, 2.05) is 30.3 Å². The van der Waals surface area contributed by atoms with Crippen LogP contribution in [-0.4, -0.2) is 32.0 Å². The number of para-hydroxylation sites is 2. The topological polar surface area (TPSA) is 122 Å². The number of benzene rings is 3. The lowest BCUT2D eigenvalue weighted by Gasteiger charge is -2.34. The maximum atomic E-state index is 13.6. The van der Waals surface area contributed by atoms with Crippen molar-refractivity contribution in [1.29, 1.82) is 0 Å². The van der Waals surface area contributed by atoms with E-state index in [0.29, 0.717) is 11.2 Å². The molecular weight excluding hydrogens is 446 g/mol. The molecule has 0 spiro atoms. The smallest absolute Gasteiger partial charge is 0.417 e. The van der Waals surface area contributed by atoms with E-state index in [0.717, 1.165) is 9.87 Å². The number of anilines is 1. The van der Waals surface area contributed by atoms with Gasteiger partial charge in [-0.05, 0) is 29.8 Å². The number of aromatic nitrogens is 1. The molecule has 1 aliphatic rings. The summed E-state index contributed by atoms with van der Waals surface area (Å²) in [6, 6.07) is 20.1. The monoisotopic (exact) mass is 465 g/mol. The maximum absolute atomic E-state index is 13.6. The van der Waals surface area contributed by atoms with Gasteiger partial charge in [0, 0.05) is 12.6 Å². The van der Waals surface area contributed by atoms with Crippen LogP contribution in [0.2, 0.25) is 0 Å². The van der Waals surface area contributed by atoms with Crippen LogP contribution in [0.25, 0.3) is 11.1 Å². The molecule has 0 radical (unpaired) electrons. The van der Waals surface area contributed by atoms with Crippen molar-refractivity contribution in [2.24, 2.45) is 0 Å². The Bertz CT molecular complexity index is 1490. The summed E-state index contributed by atoms with van der Waals surface area (Å²) in [6.07, 6.45) is -1.05. The maximum Gasteiger partial charge on any atom is 0.417 e. The van der Waals surface area contributed by atoms with E-state index < -0.39 is 27.8 Å². The number of hydrogen-bond acceptors (Lipinski definition) is 6. The van der Waals surface area contributed by atoms with Crippen LogP contribution in [0.5, 0.6) is 5.75 Å².